The summed E-state index contributed by atoms with van der Waals surface area (Å²) in [5.74, 6) is 0. The Balaban J connectivity index is 3.80. The van der Waals surface area contributed by atoms with Crippen LogP contribution >= 0.6 is 0 Å². The Kier molecular flexibility index (Phi) is 4.60. The van der Waals surface area contributed by atoms with E-state index in [9.17, 15) is 0 Å². The van der Waals surface area contributed by atoms with Gasteiger partial charge in [0.2, 0.25) is 0 Å². The van der Waals surface area contributed by atoms with Crippen molar-refractivity contribution in [2.75, 3.05) is 0 Å². The maximum absolute atomic E-state index is 3.62. The maximum atomic E-state index is 3.62. The highest BCUT2D eigenvalue weighted by molar-refractivity contribution is 5.15. The first-order chi connectivity index (χ1) is 4.35. The third-order valence-corrected chi connectivity index (χ3v) is 0.913. The molecule has 1 nitrogen and oxygen atoms in total. The van der Waals surface area contributed by atoms with E-state index in [2.05, 4.69) is 31.5 Å². The average molecular weight is 123 g/mol. The Morgan fingerprint density at radius 2 is 2.22 bits per heavy atom. The van der Waals surface area contributed by atoms with Gasteiger partial charge < -0.3 is 5.32 Å². The van der Waals surface area contributed by atoms with Gasteiger partial charge in [-0.25, -0.2) is 0 Å². The molecule has 50 valence electrons. The van der Waals surface area contributed by atoms with Crippen LogP contribution in [-0.4, -0.2) is 0 Å². The Labute approximate surface area is 56.8 Å². The van der Waals surface area contributed by atoms with Gasteiger partial charge in [-0.15, -0.1) is 0 Å². The molecule has 0 aromatic heterocycles. The smallest absolute Gasteiger partial charge is 0.0332 e. The molecular weight excluding hydrogens is 110 g/mol. The predicted molar refractivity (Wildman–Crippen MR) is 41.9 cm³/mol. The molecule has 0 saturated carbocycles. The molecule has 0 spiro atoms. The van der Waals surface area contributed by atoms with Crippen LogP contribution in [0.15, 0.2) is 37.2 Å². The molecule has 0 aliphatic heterocycles. The summed E-state index contributed by atoms with van der Waals surface area (Å²) in [7, 11) is 0. The zero-order chi connectivity index (χ0) is 7.11. The molecule has 0 aliphatic carbocycles. The van der Waals surface area contributed by atoms with E-state index in [1.165, 1.54) is 0 Å². The van der Waals surface area contributed by atoms with Crippen molar-refractivity contribution in [3.63, 3.8) is 0 Å². The maximum Gasteiger partial charge on any atom is 0.0332 e. The topological polar surface area (TPSA) is 12.0 Å². The number of rotatable bonds is 4. The van der Waals surface area contributed by atoms with Crippen molar-refractivity contribution in [3.05, 3.63) is 37.2 Å². The van der Waals surface area contributed by atoms with E-state index < -0.39 is 0 Å². The van der Waals surface area contributed by atoms with E-state index in [-0.39, 0.29) is 0 Å². The van der Waals surface area contributed by atoms with Gasteiger partial charge >= 0.3 is 0 Å². The summed E-state index contributed by atoms with van der Waals surface area (Å²) in [6.07, 6.45) is 6.48. The Morgan fingerprint density at radius 3 is 2.56 bits per heavy atom. The minimum Gasteiger partial charge on any atom is -0.363 e. The average Bonchev–Trinajstić information content (AvgIpc) is 1.88. The zero-order valence-electron chi connectivity index (χ0n) is 5.85. The van der Waals surface area contributed by atoms with Crippen LogP contribution in [0.25, 0.3) is 0 Å². The van der Waals surface area contributed by atoms with Crippen LogP contribution < -0.4 is 5.32 Å². The predicted octanol–water partition coefficient (Wildman–Crippen LogP) is 2.20. The largest absolute Gasteiger partial charge is 0.363 e. The lowest BCUT2D eigenvalue weighted by Gasteiger charge is -1.97. The van der Waals surface area contributed by atoms with Gasteiger partial charge in [0, 0.05) is 5.70 Å². The summed E-state index contributed by atoms with van der Waals surface area (Å²) < 4.78 is 0. The van der Waals surface area contributed by atoms with Crippen LogP contribution in [-0.2, 0) is 0 Å². The summed E-state index contributed by atoms with van der Waals surface area (Å²) in [6.45, 7) is 9.23. The van der Waals surface area contributed by atoms with E-state index in [1.807, 2.05) is 0 Å². The third kappa shape index (κ3) is 3.59. The van der Waals surface area contributed by atoms with Crippen LogP contribution in [0.2, 0.25) is 0 Å². The standard InChI is InChI=1S/C8H13N/c1-4-7-8(5-2)9-6-3/h5-7,9H,2-4H2,1H3/b8-7+. The summed E-state index contributed by atoms with van der Waals surface area (Å²) in [5.41, 5.74) is 1.02. The summed E-state index contributed by atoms with van der Waals surface area (Å²) in [5, 5.41) is 2.94. The first-order valence-corrected chi connectivity index (χ1v) is 3.05. The lowest BCUT2D eigenvalue weighted by atomic mass is 10.3. The normalized spacial score (nSPS) is 10.6. The van der Waals surface area contributed by atoms with Crippen molar-refractivity contribution < 1.29 is 0 Å². The van der Waals surface area contributed by atoms with Crippen molar-refractivity contribution in [3.8, 4) is 0 Å². The molecule has 0 aliphatic rings. The van der Waals surface area contributed by atoms with E-state index in [0.29, 0.717) is 0 Å². The Hall–Kier alpha value is -0.980. The fourth-order valence-electron chi connectivity index (χ4n) is 0.539. The first kappa shape index (κ1) is 8.02. The molecule has 0 bridgehead atoms. The fourth-order valence-corrected chi connectivity index (χ4v) is 0.539. The van der Waals surface area contributed by atoms with Gasteiger partial charge in [-0.05, 0) is 18.7 Å². The third-order valence-electron chi connectivity index (χ3n) is 0.913. The van der Waals surface area contributed by atoms with Gasteiger partial charge in [0.1, 0.15) is 0 Å². The summed E-state index contributed by atoms with van der Waals surface area (Å²) in [6, 6.07) is 0. The van der Waals surface area contributed by atoms with Crippen LogP contribution in [0.5, 0.6) is 0 Å². The molecular formula is C8H13N. The zero-order valence-corrected chi connectivity index (χ0v) is 5.85. The fraction of sp³-hybridized carbons (Fsp3) is 0.250. The van der Waals surface area contributed by atoms with Crippen LogP contribution in [0, 0.1) is 0 Å². The van der Waals surface area contributed by atoms with E-state index >= 15 is 0 Å². The summed E-state index contributed by atoms with van der Waals surface area (Å²) in [4.78, 5) is 0. The Bertz CT molecular complexity index is 123. The quantitative estimate of drug-likeness (QED) is 0.565. The molecule has 1 N–H and O–H groups in total. The molecule has 0 fully saturated rings. The highest BCUT2D eigenvalue weighted by Gasteiger charge is 1.80. The molecule has 0 saturated heterocycles. The highest BCUT2D eigenvalue weighted by atomic mass is 14.8. The second-order valence-electron chi connectivity index (χ2n) is 1.62. The molecule has 1 heteroatoms. The molecule has 0 amide bonds. The number of allylic oxidation sites excluding steroid dienone is 2. The minimum absolute atomic E-state index is 1.02. The van der Waals surface area contributed by atoms with Gasteiger partial charge in [-0.3, -0.25) is 0 Å². The second-order valence-corrected chi connectivity index (χ2v) is 1.62. The molecule has 0 aromatic rings. The van der Waals surface area contributed by atoms with Crippen molar-refractivity contribution in [2.24, 2.45) is 0 Å². The molecule has 0 radical (unpaired) electrons. The van der Waals surface area contributed by atoms with Crippen molar-refractivity contribution >= 4 is 0 Å². The van der Waals surface area contributed by atoms with Gasteiger partial charge in [0.25, 0.3) is 0 Å². The van der Waals surface area contributed by atoms with Crippen molar-refractivity contribution in [1.82, 2.24) is 5.32 Å². The van der Waals surface area contributed by atoms with Gasteiger partial charge in [-0.1, -0.05) is 26.2 Å². The SMILES string of the molecule is C=CN/C(C=C)=C/CC. The van der Waals surface area contributed by atoms with Gasteiger partial charge in [0.15, 0.2) is 0 Å². The van der Waals surface area contributed by atoms with Crippen molar-refractivity contribution in [1.29, 1.82) is 0 Å². The van der Waals surface area contributed by atoms with E-state index in [1.54, 1.807) is 12.3 Å². The molecule has 0 heterocycles. The minimum atomic E-state index is 1.02. The molecule has 0 atom stereocenters. The molecule has 9 heavy (non-hydrogen) atoms. The lowest BCUT2D eigenvalue weighted by Crippen LogP contribution is -1.99. The second kappa shape index (κ2) is 5.16. The van der Waals surface area contributed by atoms with Crippen LogP contribution in [0.3, 0.4) is 0 Å². The van der Waals surface area contributed by atoms with E-state index in [0.717, 1.165) is 12.1 Å². The molecule has 0 unspecified atom stereocenters. The lowest BCUT2D eigenvalue weighted by molar-refractivity contribution is 1.07. The Morgan fingerprint density at radius 1 is 1.56 bits per heavy atom. The van der Waals surface area contributed by atoms with E-state index in [4.69, 9.17) is 0 Å². The number of hydrogen-bond donors (Lipinski definition) is 1. The van der Waals surface area contributed by atoms with Crippen molar-refractivity contribution in [2.45, 2.75) is 13.3 Å². The number of nitrogens with one attached hydrogen (secondary N) is 1. The number of hydrogen-bond acceptors (Lipinski definition) is 1. The van der Waals surface area contributed by atoms with Gasteiger partial charge in [0.05, 0.1) is 0 Å². The molecule has 0 rings (SSSR count). The van der Waals surface area contributed by atoms with Crippen LogP contribution in [0.4, 0.5) is 0 Å². The first-order valence-electron chi connectivity index (χ1n) is 3.05. The summed E-state index contributed by atoms with van der Waals surface area (Å²) >= 11 is 0. The van der Waals surface area contributed by atoms with Crippen LogP contribution in [0.1, 0.15) is 13.3 Å². The van der Waals surface area contributed by atoms with Gasteiger partial charge in [-0.2, -0.15) is 0 Å². The molecule has 0 aromatic carbocycles. The highest BCUT2D eigenvalue weighted by Crippen LogP contribution is 1.91. The monoisotopic (exact) mass is 123 g/mol.